The quantitative estimate of drug-likeness (QED) is 0.168. The van der Waals surface area contributed by atoms with Crippen molar-refractivity contribution in [1.29, 1.82) is 0 Å². The van der Waals surface area contributed by atoms with Crippen molar-refractivity contribution >= 4 is 65.6 Å². The van der Waals surface area contributed by atoms with Crippen LogP contribution in [0.5, 0.6) is 0 Å². The Morgan fingerprint density at radius 3 is 1.32 bits per heavy atom. The number of aromatic nitrogens is 5. The first-order chi connectivity index (χ1) is 31.2. The zero-order valence-electron chi connectivity index (χ0n) is 33.9. The van der Waals surface area contributed by atoms with Crippen LogP contribution in [0, 0.1) is 0 Å². The molecule has 0 spiro atoms. The van der Waals surface area contributed by atoms with E-state index in [1.807, 2.05) is 30.3 Å². The molecule has 13 aromatic rings. The third-order valence-electron chi connectivity index (χ3n) is 12.4. The summed E-state index contributed by atoms with van der Waals surface area (Å²) >= 11 is 0. The van der Waals surface area contributed by atoms with Crippen molar-refractivity contribution in [3.8, 4) is 56.7 Å². The lowest BCUT2D eigenvalue weighted by molar-refractivity contribution is 0.669. The van der Waals surface area contributed by atoms with Crippen molar-refractivity contribution < 1.29 is 4.42 Å². The highest BCUT2D eigenvalue weighted by Gasteiger charge is 2.22. The first-order valence-electron chi connectivity index (χ1n) is 21.2. The van der Waals surface area contributed by atoms with Gasteiger partial charge >= 0.3 is 0 Å². The molecule has 6 nitrogen and oxygen atoms in total. The van der Waals surface area contributed by atoms with E-state index in [1.165, 1.54) is 32.6 Å². The molecular formula is C57H35N5O. The smallest absolute Gasteiger partial charge is 0.164 e. The van der Waals surface area contributed by atoms with Gasteiger partial charge in [0.25, 0.3) is 0 Å². The number of hydrogen-bond donors (Lipinski definition) is 0. The second-order valence-corrected chi connectivity index (χ2v) is 16.0. The van der Waals surface area contributed by atoms with Crippen LogP contribution in [0.4, 0.5) is 0 Å². The third-order valence-corrected chi connectivity index (χ3v) is 12.4. The Labute approximate surface area is 361 Å². The van der Waals surface area contributed by atoms with Crippen LogP contribution in [-0.2, 0) is 0 Å². The summed E-state index contributed by atoms with van der Waals surface area (Å²) in [4.78, 5) is 15.4. The van der Waals surface area contributed by atoms with Crippen molar-refractivity contribution in [2.75, 3.05) is 0 Å². The Kier molecular flexibility index (Phi) is 7.80. The van der Waals surface area contributed by atoms with E-state index in [-0.39, 0.29) is 0 Å². The molecule has 13 rings (SSSR count). The van der Waals surface area contributed by atoms with Gasteiger partial charge in [0, 0.05) is 60.4 Å². The number of fused-ring (bicyclic) bond motifs is 10. The first-order valence-corrected chi connectivity index (χ1v) is 21.2. The molecule has 9 aromatic carbocycles. The monoisotopic (exact) mass is 805 g/mol. The summed E-state index contributed by atoms with van der Waals surface area (Å²) in [7, 11) is 0. The Balaban J connectivity index is 0.988. The Bertz CT molecular complexity index is 3880. The van der Waals surface area contributed by atoms with Crippen LogP contribution >= 0.6 is 0 Å². The lowest BCUT2D eigenvalue weighted by Gasteiger charge is -2.13. The molecule has 0 radical (unpaired) electrons. The molecule has 0 fully saturated rings. The zero-order chi connectivity index (χ0) is 41.4. The molecular weight excluding hydrogens is 771 g/mol. The summed E-state index contributed by atoms with van der Waals surface area (Å²) in [6, 6.07) is 74.5. The predicted molar refractivity (Wildman–Crippen MR) is 258 cm³/mol. The van der Waals surface area contributed by atoms with Gasteiger partial charge in [-0.05, 0) is 77.9 Å². The van der Waals surface area contributed by atoms with Crippen molar-refractivity contribution in [3.63, 3.8) is 0 Å². The molecule has 0 N–H and O–H groups in total. The number of para-hydroxylation sites is 4. The second-order valence-electron chi connectivity index (χ2n) is 16.0. The highest BCUT2D eigenvalue weighted by Crippen LogP contribution is 2.42. The number of furan rings is 1. The first kappa shape index (κ1) is 35.2. The molecule has 0 amide bonds. The molecule has 0 atom stereocenters. The number of benzene rings is 9. The van der Waals surface area contributed by atoms with Crippen molar-refractivity contribution in [2.24, 2.45) is 0 Å². The highest BCUT2D eigenvalue weighted by atomic mass is 16.3. The van der Waals surface area contributed by atoms with Gasteiger partial charge in [0.05, 0.1) is 22.1 Å². The SMILES string of the molecule is c1ccc(-c2ccc(-c3nc(-c4ccc(-n5c6ccccc6c6ccc7c8ccccc8n(-c8ccccc8)c7c65)cc4)nc(-c4ccc5c(c4)oc4ccccc45)n3)cc2)cc1. The molecule has 4 heterocycles. The predicted octanol–water partition coefficient (Wildman–Crippen LogP) is 14.6. The average Bonchev–Trinajstić information content (AvgIpc) is 4.02. The maximum Gasteiger partial charge on any atom is 0.164 e. The average molecular weight is 806 g/mol. The minimum absolute atomic E-state index is 0.576. The van der Waals surface area contributed by atoms with Crippen LogP contribution in [0.2, 0.25) is 0 Å². The minimum Gasteiger partial charge on any atom is -0.456 e. The molecule has 0 unspecified atom stereocenters. The Morgan fingerprint density at radius 1 is 0.286 bits per heavy atom. The van der Waals surface area contributed by atoms with Gasteiger partial charge in [-0.15, -0.1) is 0 Å². The maximum atomic E-state index is 6.31. The molecule has 0 aliphatic rings. The minimum atomic E-state index is 0.576. The number of hydrogen-bond acceptors (Lipinski definition) is 4. The van der Waals surface area contributed by atoms with E-state index < -0.39 is 0 Å². The fraction of sp³-hybridized carbons (Fsp3) is 0. The molecule has 0 aliphatic heterocycles. The Morgan fingerprint density at radius 2 is 0.698 bits per heavy atom. The summed E-state index contributed by atoms with van der Waals surface area (Å²) < 4.78 is 11.1. The van der Waals surface area contributed by atoms with Gasteiger partial charge in [-0.3, -0.25) is 0 Å². The van der Waals surface area contributed by atoms with Gasteiger partial charge in [-0.2, -0.15) is 0 Å². The summed E-state index contributed by atoms with van der Waals surface area (Å²) in [5.41, 5.74) is 13.4. The van der Waals surface area contributed by atoms with Gasteiger partial charge in [0.15, 0.2) is 17.5 Å². The van der Waals surface area contributed by atoms with E-state index in [2.05, 4.69) is 191 Å². The molecule has 0 bridgehead atoms. The van der Waals surface area contributed by atoms with Gasteiger partial charge in [-0.1, -0.05) is 146 Å². The second kappa shape index (κ2) is 14.0. The topological polar surface area (TPSA) is 61.7 Å². The van der Waals surface area contributed by atoms with Crippen LogP contribution in [0.15, 0.2) is 217 Å². The van der Waals surface area contributed by atoms with Crippen molar-refractivity contribution in [3.05, 3.63) is 212 Å². The molecule has 6 heteroatoms. The van der Waals surface area contributed by atoms with Crippen molar-refractivity contribution in [1.82, 2.24) is 24.1 Å². The lowest BCUT2D eigenvalue weighted by atomic mass is 10.0. The molecule has 63 heavy (non-hydrogen) atoms. The summed E-state index contributed by atoms with van der Waals surface area (Å²) in [6.45, 7) is 0. The maximum absolute atomic E-state index is 6.31. The highest BCUT2D eigenvalue weighted by molar-refractivity contribution is 6.23. The molecule has 0 saturated carbocycles. The molecule has 4 aromatic heterocycles. The molecule has 0 aliphatic carbocycles. The summed E-state index contributed by atoms with van der Waals surface area (Å²) in [6.07, 6.45) is 0. The largest absolute Gasteiger partial charge is 0.456 e. The van der Waals surface area contributed by atoms with Crippen LogP contribution in [0.25, 0.3) is 122 Å². The van der Waals surface area contributed by atoms with E-state index >= 15 is 0 Å². The zero-order valence-corrected chi connectivity index (χ0v) is 33.9. The van der Waals surface area contributed by atoms with Crippen molar-refractivity contribution in [2.45, 2.75) is 0 Å². The van der Waals surface area contributed by atoms with E-state index in [0.717, 1.165) is 72.2 Å². The molecule has 294 valence electrons. The number of rotatable bonds is 6. The van der Waals surface area contributed by atoms with Crippen LogP contribution < -0.4 is 0 Å². The molecule has 0 saturated heterocycles. The summed E-state index contributed by atoms with van der Waals surface area (Å²) in [5.74, 6) is 1.77. The third kappa shape index (κ3) is 5.62. The normalized spacial score (nSPS) is 11.8. The van der Waals surface area contributed by atoms with Crippen LogP contribution in [-0.4, -0.2) is 24.1 Å². The van der Waals surface area contributed by atoms with Gasteiger partial charge in [0.2, 0.25) is 0 Å². The van der Waals surface area contributed by atoms with Gasteiger partial charge in [0.1, 0.15) is 11.2 Å². The standard InChI is InChI=1S/C57H35N5O/c1-3-13-36(14-4-1)37-23-25-38(26-24-37)55-58-56(60-57(59-55)40-29-32-46-45-19-9-12-22-51(45)63-52(46)35-40)39-27-30-42(31-28-39)62-50-21-11-8-18-44(50)48-34-33-47-43-17-7-10-20-49(43)61(53(47)54(48)62)41-15-5-2-6-16-41/h1-35H. The van der Waals surface area contributed by atoms with Crippen LogP contribution in [0.1, 0.15) is 0 Å². The van der Waals surface area contributed by atoms with E-state index in [4.69, 9.17) is 19.4 Å². The fourth-order valence-electron chi connectivity index (χ4n) is 9.44. The van der Waals surface area contributed by atoms with E-state index in [9.17, 15) is 0 Å². The fourth-order valence-corrected chi connectivity index (χ4v) is 9.44. The van der Waals surface area contributed by atoms with Gasteiger partial charge in [-0.25, -0.2) is 15.0 Å². The van der Waals surface area contributed by atoms with E-state index in [1.54, 1.807) is 0 Å². The van der Waals surface area contributed by atoms with E-state index in [0.29, 0.717) is 17.5 Å². The summed E-state index contributed by atoms with van der Waals surface area (Å²) in [5, 5.41) is 6.98. The van der Waals surface area contributed by atoms with Gasteiger partial charge < -0.3 is 13.6 Å². The number of nitrogens with zero attached hydrogens (tertiary/aromatic N) is 5. The Hall–Kier alpha value is -8.61. The van der Waals surface area contributed by atoms with Crippen LogP contribution in [0.3, 0.4) is 0 Å². The lowest BCUT2D eigenvalue weighted by Crippen LogP contribution is -2.01.